The number of hydrogen-bond acceptors (Lipinski definition) is 5. The molecule has 0 fully saturated rings. The molecule has 0 radical (unpaired) electrons. The molecule has 6 heteroatoms. The number of nitrogens with zero attached hydrogens (tertiary/aromatic N) is 2. The minimum atomic E-state index is 0.0212. The van der Waals surface area contributed by atoms with Crippen LogP contribution in [-0.2, 0) is 11.2 Å². The van der Waals surface area contributed by atoms with Gasteiger partial charge in [-0.25, -0.2) is 9.97 Å². The fourth-order valence-electron chi connectivity index (χ4n) is 3.13. The maximum absolute atomic E-state index is 12.6. The lowest BCUT2D eigenvalue weighted by Crippen LogP contribution is -2.19. The van der Waals surface area contributed by atoms with Gasteiger partial charge in [0.1, 0.15) is 0 Å². The third kappa shape index (κ3) is 4.12. The molecular weight excluding hydrogens is 370 g/mol. The number of carbonyl (C=O) groups excluding carboxylic acids is 2. The molecule has 0 saturated heterocycles. The number of nitrogens with one attached hydrogen (secondary N) is 1. The predicted molar refractivity (Wildman–Crippen MR) is 111 cm³/mol. The van der Waals surface area contributed by atoms with Gasteiger partial charge in [0.2, 0.25) is 5.91 Å². The number of amides is 1. The summed E-state index contributed by atoms with van der Waals surface area (Å²) in [4.78, 5) is 33.2. The zero-order chi connectivity index (χ0) is 19.5. The van der Waals surface area contributed by atoms with E-state index >= 15 is 0 Å². The average Bonchev–Trinajstić information content (AvgIpc) is 2.72. The SMILES string of the molecule is Cc1cc(-c2ccccc2)nc(SCC(=O)c2ccc3c(c2)CCC(=O)N3)n1. The van der Waals surface area contributed by atoms with Gasteiger partial charge in [0.15, 0.2) is 10.9 Å². The van der Waals surface area contributed by atoms with Crippen molar-refractivity contribution in [1.82, 2.24) is 9.97 Å². The summed E-state index contributed by atoms with van der Waals surface area (Å²) in [5.41, 5.74) is 5.21. The predicted octanol–water partition coefficient (Wildman–Crippen LogP) is 4.31. The van der Waals surface area contributed by atoms with E-state index in [-0.39, 0.29) is 17.4 Å². The highest BCUT2D eigenvalue weighted by Gasteiger charge is 2.17. The second kappa shape index (κ2) is 7.94. The topological polar surface area (TPSA) is 72.0 Å². The second-order valence-corrected chi connectivity index (χ2v) is 7.62. The van der Waals surface area contributed by atoms with Crippen molar-refractivity contribution < 1.29 is 9.59 Å². The van der Waals surface area contributed by atoms with Crippen LogP contribution in [0.5, 0.6) is 0 Å². The van der Waals surface area contributed by atoms with Gasteiger partial charge in [0.25, 0.3) is 0 Å². The van der Waals surface area contributed by atoms with Gasteiger partial charge >= 0.3 is 0 Å². The smallest absolute Gasteiger partial charge is 0.224 e. The van der Waals surface area contributed by atoms with Crippen molar-refractivity contribution in [1.29, 1.82) is 0 Å². The van der Waals surface area contributed by atoms with E-state index in [0.29, 0.717) is 23.6 Å². The Balaban J connectivity index is 1.48. The number of fused-ring (bicyclic) bond motifs is 1. The van der Waals surface area contributed by atoms with Crippen LogP contribution in [0.2, 0.25) is 0 Å². The molecule has 1 aliphatic heterocycles. The van der Waals surface area contributed by atoms with Crippen molar-refractivity contribution in [3.05, 3.63) is 71.4 Å². The molecule has 1 aromatic heterocycles. The van der Waals surface area contributed by atoms with E-state index in [9.17, 15) is 9.59 Å². The fourth-order valence-corrected chi connectivity index (χ4v) is 3.93. The minimum Gasteiger partial charge on any atom is -0.326 e. The van der Waals surface area contributed by atoms with Gasteiger partial charge < -0.3 is 5.32 Å². The van der Waals surface area contributed by atoms with Crippen LogP contribution < -0.4 is 5.32 Å². The monoisotopic (exact) mass is 389 g/mol. The van der Waals surface area contributed by atoms with Gasteiger partial charge in [-0.15, -0.1) is 0 Å². The largest absolute Gasteiger partial charge is 0.326 e. The summed E-state index contributed by atoms with van der Waals surface area (Å²) >= 11 is 1.34. The minimum absolute atomic E-state index is 0.0212. The lowest BCUT2D eigenvalue weighted by Gasteiger charge is -2.17. The van der Waals surface area contributed by atoms with Crippen LogP contribution in [0.3, 0.4) is 0 Å². The zero-order valence-corrected chi connectivity index (χ0v) is 16.3. The molecular formula is C22H19N3O2S. The number of aromatic nitrogens is 2. The van der Waals surface area contributed by atoms with Crippen LogP contribution in [0.4, 0.5) is 5.69 Å². The number of hydrogen-bond donors (Lipinski definition) is 1. The summed E-state index contributed by atoms with van der Waals surface area (Å²) in [6.45, 7) is 1.93. The number of anilines is 1. The third-order valence-electron chi connectivity index (χ3n) is 4.56. The maximum Gasteiger partial charge on any atom is 0.224 e. The van der Waals surface area contributed by atoms with Gasteiger partial charge in [0.05, 0.1) is 11.4 Å². The van der Waals surface area contributed by atoms with E-state index in [1.165, 1.54) is 11.8 Å². The van der Waals surface area contributed by atoms with Crippen LogP contribution in [0.15, 0.2) is 59.8 Å². The Morgan fingerprint density at radius 1 is 1.07 bits per heavy atom. The van der Waals surface area contributed by atoms with E-state index < -0.39 is 0 Å². The Morgan fingerprint density at radius 2 is 1.89 bits per heavy atom. The number of ketones is 1. The van der Waals surface area contributed by atoms with Crippen LogP contribution in [0.25, 0.3) is 11.3 Å². The molecule has 2 aromatic carbocycles. The Hall–Kier alpha value is -2.99. The van der Waals surface area contributed by atoms with E-state index in [1.807, 2.05) is 49.4 Å². The van der Waals surface area contributed by atoms with Crippen LogP contribution in [-0.4, -0.2) is 27.4 Å². The van der Waals surface area contributed by atoms with Crippen molar-refractivity contribution in [2.24, 2.45) is 0 Å². The molecule has 1 aliphatic rings. The number of carbonyl (C=O) groups is 2. The first-order chi connectivity index (χ1) is 13.6. The molecule has 1 amide bonds. The molecule has 140 valence electrons. The molecule has 0 atom stereocenters. The molecule has 1 N–H and O–H groups in total. The van der Waals surface area contributed by atoms with E-state index in [1.54, 1.807) is 12.1 Å². The molecule has 3 aromatic rings. The highest BCUT2D eigenvalue weighted by molar-refractivity contribution is 7.99. The summed E-state index contributed by atoms with van der Waals surface area (Å²) in [6, 6.07) is 17.3. The number of rotatable bonds is 5. The van der Waals surface area contributed by atoms with Gasteiger partial charge in [-0.05, 0) is 43.2 Å². The third-order valence-corrected chi connectivity index (χ3v) is 5.41. The second-order valence-electron chi connectivity index (χ2n) is 6.68. The van der Waals surface area contributed by atoms with Gasteiger partial charge in [-0.2, -0.15) is 0 Å². The molecule has 0 aliphatic carbocycles. The summed E-state index contributed by atoms with van der Waals surface area (Å²) in [6.07, 6.45) is 1.12. The van der Waals surface area contributed by atoms with Crippen molar-refractivity contribution in [3.8, 4) is 11.3 Å². The fraction of sp³-hybridized carbons (Fsp3) is 0.182. The quantitative estimate of drug-likeness (QED) is 0.400. The molecule has 0 spiro atoms. The number of Topliss-reactive ketones (excluding diaryl/α,β-unsaturated/α-hetero) is 1. The first-order valence-electron chi connectivity index (χ1n) is 9.08. The summed E-state index contributed by atoms with van der Waals surface area (Å²) in [5.74, 6) is 0.312. The Labute approximate surface area is 167 Å². The number of benzene rings is 2. The zero-order valence-electron chi connectivity index (χ0n) is 15.4. The summed E-state index contributed by atoms with van der Waals surface area (Å²) in [5, 5.41) is 3.43. The normalized spacial score (nSPS) is 13.0. The van der Waals surface area contributed by atoms with E-state index in [4.69, 9.17) is 0 Å². The molecule has 4 rings (SSSR count). The molecule has 0 bridgehead atoms. The van der Waals surface area contributed by atoms with Crippen LogP contribution in [0.1, 0.15) is 28.0 Å². The average molecular weight is 389 g/mol. The van der Waals surface area contributed by atoms with Crippen LogP contribution in [0, 0.1) is 6.92 Å². The first-order valence-corrected chi connectivity index (χ1v) is 10.1. The van der Waals surface area contributed by atoms with Gasteiger partial charge in [0, 0.05) is 28.9 Å². The maximum atomic E-state index is 12.6. The summed E-state index contributed by atoms with van der Waals surface area (Å²) in [7, 11) is 0. The van der Waals surface area contributed by atoms with Gasteiger partial charge in [-0.3, -0.25) is 9.59 Å². The van der Waals surface area contributed by atoms with E-state index in [0.717, 1.165) is 28.2 Å². The molecule has 2 heterocycles. The Kier molecular flexibility index (Phi) is 5.21. The van der Waals surface area contributed by atoms with E-state index in [2.05, 4.69) is 15.3 Å². The first kappa shape index (κ1) is 18.4. The molecule has 28 heavy (non-hydrogen) atoms. The van der Waals surface area contributed by atoms with Crippen molar-refractivity contribution in [3.63, 3.8) is 0 Å². The van der Waals surface area contributed by atoms with Crippen molar-refractivity contribution in [2.75, 3.05) is 11.1 Å². The standard InChI is InChI=1S/C22H19N3O2S/c1-14-11-19(15-5-3-2-4-6-15)25-22(23-14)28-13-20(26)17-7-9-18-16(12-17)8-10-21(27)24-18/h2-7,9,11-12H,8,10,13H2,1H3,(H,24,27). The molecule has 0 saturated carbocycles. The number of thioether (sulfide) groups is 1. The van der Waals surface area contributed by atoms with Crippen molar-refractivity contribution >= 4 is 29.1 Å². The Bertz CT molecular complexity index is 1050. The Morgan fingerprint density at radius 3 is 2.71 bits per heavy atom. The lowest BCUT2D eigenvalue weighted by molar-refractivity contribution is -0.116. The lowest BCUT2D eigenvalue weighted by atomic mass is 9.99. The van der Waals surface area contributed by atoms with Gasteiger partial charge in [-0.1, -0.05) is 42.1 Å². The summed E-state index contributed by atoms with van der Waals surface area (Å²) < 4.78 is 0. The highest BCUT2D eigenvalue weighted by Crippen LogP contribution is 2.26. The number of aryl methyl sites for hydroxylation is 2. The molecule has 5 nitrogen and oxygen atoms in total. The highest BCUT2D eigenvalue weighted by atomic mass is 32.2. The van der Waals surface area contributed by atoms with Crippen molar-refractivity contribution in [2.45, 2.75) is 24.9 Å². The molecule has 0 unspecified atom stereocenters. The van der Waals surface area contributed by atoms with Crippen LogP contribution >= 0.6 is 11.8 Å².